The van der Waals surface area contributed by atoms with Gasteiger partial charge in [0.2, 0.25) is 0 Å². The summed E-state index contributed by atoms with van der Waals surface area (Å²) in [5, 5.41) is 9.73. The van der Waals surface area contributed by atoms with E-state index in [2.05, 4.69) is 0 Å². The first-order chi connectivity index (χ1) is 11.1. The number of aliphatic carboxylic acids is 1. The van der Waals surface area contributed by atoms with Crippen LogP contribution in [0.15, 0.2) is 16.0 Å². The van der Waals surface area contributed by atoms with Gasteiger partial charge in [-0.15, -0.1) is 0 Å². The van der Waals surface area contributed by atoms with Crippen molar-refractivity contribution in [2.45, 2.75) is 76.3 Å². The van der Waals surface area contributed by atoms with E-state index >= 15 is 0 Å². The lowest BCUT2D eigenvalue weighted by molar-refractivity contribution is -0.132. The zero-order chi connectivity index (χ0) is 16.2. The molecule has 1 N–H and O–H groups in total. The number of rotatable bonds is 3. The highest BCUT2D eigenvalue weighted by atomic mass is 32.2. The van der Waals surface area contributed by atoms with Gasteiger partial charge in [-0.05, 0) is 37.4 Å². The van der Waals surface area contributed by atoms with Crippen molar-refractivity contribution in [3.63, 3.8) is 0 Å². The highest BCUT2D eigenvalue weighted by Gasteiger charge is 2.39. The second-order valence-corrected chi connectivity index (χ2v) is 7.63. The van der Waals surface area contributed by atoms with Crippen LogP contribution in [0.5, 0.6) is 0 Å². The van der Waals surface area contributed by atoms with Crippen LogP contribution in [0.3, 0.4) is 0 Å². The van der Waals surface area contributed by atoms with Gasteiger partial charge in [-0.2, -0.15) is 0 Å². The fourth-order valence-corrected chi connectivity index (χ4v) is 4.79. The van der Waals surface area contributed by atoms with Gasteiger partial charge in [-0.3, -0.25) is 14.7 Å². The fraction of sp³-hybridized carbons (Fsp3) is 0.706. The monoisotopic (exact) mass is 336 g/mol. The molecule has 0 aromatic heterocycles. The Morgan fingerprint density at radius 3 is 2.30 bits per heavy atom. The Morgan fingerprint density at radius 2 is 1.70 bits per heavy atom. The lowest BCUT2D eigenvalue weighted by atomic mass is 9.94. The second kappa shape index (κ2) is 7.51. The number of hydrogen-bond donors (Lipinski definition) is 1. The van der Waals surface area contributed by atoms with Crippen LogP contribution in [-0.4, -0.2) is 39.1 Å². The second-order valence-electron chi connectivity index (χ2n) is 6.62. The first kappa shape index (κ1) is 16.6. The van der Waals surface area contributed by atoms with Gasteiger partial charge in [0.15, 0.2) is 5.17 Å². The van der Waals surface area contributed by atoms with Crippen molar-refractivity contribution in [1.82, 2.24) is 4.90 Å². The number of carbonyl (C=O) groups excluding carboxylic acids is 1. The molecule has 0 spiro atoms. The van der Waals surface area contributed by atoms with Crippen LogP contribution in [0, 0.1) is 0 Å². The minimum Gasteiger partial charge on any atom is -0.478 e. The van der Waals surface area contributed by atoms with Crippen molar-refractivity contribution in [3.05, 3.63) is 11.0 Å². The number of amidine groups is 1. The normalized spacial score (nSPS) is 28.0. The standard InChI is InChI=1S/C17H24N2O3S/c20-15(21)11-14-16(22)19(13-9-5-2-6-10-13)17(23-14)18-12-7-3-1-4-8-12/h11-13H,1-10H2,(H,20,21)/b14-11-,18-17?. The predicted octanol–water partition coefficient (Wildman–Crippen LogP) is 3.55. The Morgan fingerprint density at radius 1 is 1.09 bits per heavy atom. The molecule has 0 unspecified atom stereocenters. The number of carbonyl (C=O) groups is 2. The number of amides is 1. The Labute approximate surface area is 141 Å². The van der Waals surface area contributed by atoms with Gasteiger partial charge in [0.25, 0.3) is 5.91 Å². The molecule has 0 atom stereocenters. The van der Waals surface area contributed by atoms with Crippen molar-refractivity contribution in [2.24, 2.45) is 4.99 Å². The number of thioether (sulfide) groups is 1. The summed E-state index contributed by atoms with van der Waals surface area (Å²) in [6.45, 7) is 0. The summed E-state index contributed by atoms with van der Waals surface area (Å²) in [6.07, 6.45) is 12.3. The Kier molecular flexibility index (Phi) is 5.41. The molecule has 1 saturated heterocycles. The van der Waals surface area contributed by atoms with Crippen molar-refractivity contribution >= 4 is 28.8 Å². The summed E-state index contributed by atoms with van der Waals surface area (Å²) in [6, 6.07) is 0.472. The number of carboxylic acids is 1. The zero-order valence-corrected chi connectivity index (χ0v) is 14.2. The molecule has 0 aromatic rings. The quantitative estimate of drug-likeness (QED) is 0.800. The fourth-order valence-electron chi connectivity index (χ4n) is 3.72. The zero-order valence-electron chi connectivity index (χ0n) is 13.4. The van der Waals surface area contributed by atoms with E-state index in [0.29, 0.717) is 4.91 Å². The summed E-state index contributed by atoms with van der Waals surface area (Å²) in [5.74, 6) is -1.23. The van der Waals surface area contributed by atoms with E-state index in [0.717, 1.165) is 49.8 Å². The molecular formula is C17H24N2O3S. The van der Waals surface area contributed by atoms with Gasteiger partial charge in [0, 0.05) is 12.1 Å². The molecule has 126 valence electrons. The van der Waals surface area contributed by atoms with Gasteiger partial charge < -0.3 is 5.11 Å². The van der Waals surface area contributed by atoms with E-state index in [-0.39, 0.29) is 18.0 Å². The number of hydrogen-bond acceptors (Lipinski definition) is 4. The molecule has 23 heavy (non-hydrogen) atoms. The molecule has 2 aliphatic carbocycles. The molecule has 3 aliphatic rings. The van der Waals surface area contributed by atoms with Crippen molar-refractivity contribution in [1.29, 1.82) is 0 Å². The predicted molar refractivity (Wildman–Crippen MR) is 91.3 cm³/mol. The smallest absolute Gasteiger partial charge is 0.329 e. The molecule has 5 nitrogen and oxygen atoms in total. The highest BCUT2D eigenvalue weighted by molar-refractivity contribution is 8.18. The maximum Gasteiger partial charge on any atom is 0.329 e. The number of aliphatic imine (C=N–C) groups is 1. The van der Waals surface area contributed by atoms with Gasteiger partial charge in [0.1, 0.15) is 0 Å². The average Bonchev–Trinajstić information content (AvgIpc) is 2.84. The summed E-state index contributed by atoms with van der Waals surface area (Å²) >= 11 is 1.25. The van der Waals surface area contributed by atoms with Crippen molar-refractivity contribution in [3.8, 4) is 0 Å². The molecule has 3 rings (SSSR count). The molecule has 1 aliphatic heterocycles. The van der Waals surface area contributed by atoms with Crippen LogP contribution in [0.25, 0.3) is 0 Å². The molecule has 0 bridgehead atoms. The maximum absolute atomic E-state index is 12.7. The molecule has 2 saturated carbocycles. The lowest BCUT2D eigenvalue weighted by Crippen LogP contribution is -2.41. The SMILES string of the molecule is O=C(O)/C=C1\SC(=NC2CCCCC2)N(C2CCCCC2)C1=O. The molecule has 0 aromatic carbocycles. The third kappa shape index (κ3) is 3.97. The minimum absolute atomic E-state index is 0.168. The third-order valence-corrected chi connectivity index (χ3v) is 5.90. The topological polar surface area (TPSA) is 70.0 Å². The van der Waals surface area contributed by atoms with Gasteiger partial charge in [-0.25, -0.2) is 4.79 Å². The summed E-state index contributed by atoms with van der Waals surface area (Å²) in [4.78, 5) is 30.6. The van der Waals surface area contributed by atoms with E-state index in [1.165, 1.54) is 37.4 Å². The van der Waals surface area contributed by atoms with Gasteiger partial charge >= 0.3 is 5.97 Å². The average molecular weight is 336 g/mol. The minimum atomic E-state index is -1.07. The Bertz CT molecular complexity index is 532. The van der Waals surface area contributed by atoms with E-state index < -0.39 is 5.97 Å². The van der Waals surface area contributed by atoms with Crippen LogP contribution >= 0.6 is 11.8 Å². The molecule has 1 heterocycles. The van der Waals surface area contributed by atoms with E-state index in [1.807, 2.05) is 0 Å². The van der Waals surface area contributed by atoms with Crippen molar-refractivity contribution in [2.75, 3.05) is 0 Å². The molecule has 6 heteroatoms. The molecular weight excluding hydrogens is 312 g/mol. The van der Waals surface area contributed by atoms with Crippen LogP contribution in [-0.2, 0) is 9.59 Å². The summed E-state index contributed by atoms with van der Waals surface area (Å²) < 4.78 is 0. The maximum atomic E-state index is 12.7. The summed E-state index contributed by atoms with van der Waals surface area (Å²) in [5.41, 5.74) is 0. The third-order valence-electron chi connectivity index (χ3n) is 4.90. The lowest BCUT2D eigenvalue weighted by Gasteiger charge is -2.31. The highest BCUT2D eigenvalue weighted by Crippen LogP contribution is 2.37. The van der Waals surface area contributed by atoms with Gasteiger partial charge in [-0.1, -0.05) is 38.5 Å². The first-order valence-electron chi connectivity index (χ1n) is 8.69. The number of carboxylic acid groups (broad SMARTS) is 1. The van der Waals surface area contributed by atoms with E-state index in [9.17, 15) is 9.59 Å². The Balaban J connectivity index is 1.85. The van der Waals surface area contributed by atoms with Crippen LogP contribution < -0.4 is 0 Å². The molecule has 0 radical (unpaired) electrons. The van der Waals surface area contributed by atoms with Gasteiger partial charge in [0.05, 0.1) is 10.9 Å². The largest absolute Gasteiger partial charge is 0.478 e. The van der Waals surface area contributed by atoms with Crippen LogP contribution in [0.1, 0.15) is 64.2 Å². The van der Waals surface area contributed by atoms with E-state index in [1.54, 1.807) is 4.90 Å². The molecule has 1 amide bonds. The van der Waals surface area contributed by atoms with Crippen molar-refractivity contribution < 1.29 is 14.7 Å². The van der Waals surface area contributed by atoms with Crippen LogP contribution in [0.4, 0.5) is 0 Å². The molecule has 3 fully saturated rings. The van der Waals surface area contributed by atoms with E-state index in [4.69, 9.17) is 10.1 Å². The summed E-state index contributed by atoms with van der Waals surface area (Å²) in [7, 11) is 0. The first-order valence-corrected chi connectivity index (χ1v) is 9.50. The number of nitrogens with zero attached hydrogens (tertiary/aromatic N) is 2. The Hall–Kier alpha value is -1.30. The van der Waals surface area contributed by atoms with Crippen LogP contribution in [0.2, 0.25) is 0 Å².